The highest BCUT2D eigenvalue weighted by Crippen LogP contribution is 2.32. The van der Waals surface area contributed by atoms with E-state index in [1.807, 2.05) is 0 Å². The van der Waals surface area contributed by atoms with Gasteiger partial charge in [0.1, 0.15) is 6.04 Å². The Kier molecular flexibility index (Phi) is 3.77. The van der Waals surface area contributed by atoms with Gasteiger partial charge in [0.2, 0.25) is 0 Å². The largest absolute Gasteiger partial charge is 0.480 e. The predicted molar refractivity (Wildman–Crippen MR) is 55.5 cm³/mol. The van der Waals surface area contributed by atoms with Crippen molar-refractivity contribution in [2.75, 3.05) is 0 Å². The van der Waals surface area contributed by atoms with Gasteiger partial charge in [0.05, 0.1) is 5.56 Å². The Bertz CT molecular complexity index is 429. The standard InChI is InChI=1S/C11H12F3NO2/c1-6-2-3-7(5-9(15)10(16)17)4-8(6)11(12,13)14/h2-4,9H,5,15H2,1H3,(H,16,17). The van der Waals surface area contributed by atoms with Crippen LogP contribution in [0.2, 0.25) is 0 Å². The molecule has 0 heterocycles. The highest BCUT2D eigenvalue weighted by atomic mass is 19.4. The second-order valence-electron chi connectivity index (χ2n) is 3.80. The van der Waals surface area contributed by atoms with Crippen LogP contribution in [0.5, 0.6) is 0 Å². The first-order chi connectivity index (χ1) is 7.71. The van der Waals surface area contributed by atoms with Crippen molar-refractivity contribution in [1.82, 2.24) is 0 Å². The molecule has 0 fully saturated rings. The molecule has 17 heavy (non-hydrogen) atoms. The first-order valence-electron chi connectivity index (χ1n) is 4.87. The van der Waals surface area contributed by atoms with Gasteiger partial charge in [-0.3, -0.25) is 4.79 Å². The number of aliphatic carboxylic acids is 1. The lowest BCUT2D eigenvalue weighted by Crippen LogP contribution is -2.32. The van der Waals surface area contributed by atoms with Gasteiger partial charge in [-0.15, -0.1) is 0 Å². The number of rotatable bonds is 3. The van der Waals surface area contributed by atoms with E-state index >= 15 is 0 Å². The normalized spacial score (nSPS) is 13.5. The van der Waals surface area contributed by atoms with E-state index in [-0.39, 0.29) is 17.5 Å². The molecular weight excluding hydrogens is 235 g/mol. The number of nitrogens with two attached hydrogens (primary N) is 1. The van der Waals surface area contributed by atoms with E-state index in [1.54, 1.807) is 0 Å². The number of halogens is 3. The molecule has 6 heteroatoms. The Morgan fingerprint density at radius 3 is 2.53 bits per heavy atom. The number of carboxylic acid groups (broad SMARTS) is 1. The zero-order chi connectivity index (χ0) is 13.2. The van der Waals surface area contributed by atoms with Crippen LogP contribution in [0.25, 0.3) is 0 Å². The summed E-state index contributed by atoms with van der Waals surface area (Å²) in [7, 11) is 0. The molecule has 0 bridgehead atoms. The molecule has 3 nitrogen and oxygen atoms in total. The van der Waals surface area contributed by atoms with E-state index in [1.165, 1.54) is 19.1 Å². The SMILES string of the molecule is Cc1ccc(CC(N)C(=O)O)cc1C(F)(F)F. The van der Waals surface area contributed by atoms with Crippen LogP contribution in [0.4, 0.5) is 13.2 Å². The average molecular weight is 247 g/mol. The lowest BCUT2D eigenvalue weighted by molar-refractivity contribution is -0.138. The molecule has 3 N–H and O–H groups in total. The van der Waals surface area contributed by atoms with Crippen molar-refractivity contribution in [1.29, 1.82) is 0 Å². The summed E-state index contributed by atoms with van der Waals surface area (Å²) in [5, 5.41) is 8.58. The summed E-state index contributed by atoms with van der Waals surface area (Å²) in [5.41, 5.74) is 4.87. The van der Waals surface area contributed by atoms with Gasteiger partial charge in [-0.05, 0) is 30.5 Å². The van der Waals surface area contributed by atoms with E-state index in [0.29, 0.717) is 0 Å². The Hall–Kier alpha value is -1.56. The fourth-order valence-electron chi connectivity index (χ4n) is 1.44. The maximum absolute atomic E-state index is 12.6. The zero-order valence-electron chi connectivity index (χ0n) is 9.08. The Morgan fingerprint density at radius 1 is 1.47 bits per heavy atom. The third-order valence-corrected chi connectivity index (χ3v) is 2.38. The van der Waals surface area contributed by atoms with Crippen molar-refractivity contribution in [3.8, 4) is 0 Å². The first-order valence-corrected chi connectivity index (χ1v) is 4.87. The van der Waals surface area contributed by atoms with Crippen LogP contribution in [0, 0.1) is 6.92 Å². The van der Waals surface area contributed by atoms with Crippen LogP contribution in [-0.2, 0) is 17.4 Å². The van der Waals surface area contributed by atoms with Crippen molar-refractivity contribution in [2.24, 2.45) is 5.73 Å². The van der Waals surface area contributed by atoms with Crippen molar-refractivity contribution in [3.05, 3.63) is 34.9 Å². The summed E-state index contributed by atoms with van der Waals surface area (Å²) >= 11 is 0. The molecule has 0 aliphatic rings. The number of carboxylic acids is 1. The number of alkyl halides is 3. The smallest absolute Gasteiger partial charge is 0.416 e. The summed E-state index contributed by atoms with van der Waals surface area (Å²) < 4.78 is 37.7. The number of benzene rings is 1. The van der Waals surface area contributed by atoms with E-state index in [4.69, 9.17) is 10.8 Å². The van der Waals surface area contributed by atoms with Gasteiger partial charge in [0.15, 0.2) is 0 Å². The van der Waals surface area contributed by atoms with E-state index in [2.05, 4.69) is 0 Å². The Labute approximate surface area is 96.0 Å². The summed E-state index contributed by atoms with van der Waals surface area (Å²) in [5.74, 6) is -1.24. The maximum Gasteiger partial charge on any atom is 0.416 e. The number of aryl methyl sites for hydroxylation is 1. The number of carbonyl (C=O) groups is 1. The Morgan fingerprint density at radius 2 is 2.06 bits per heavy atom. The van der Waals surface area contributed by atoms with Crippen LogP contribution < -0.4 is 5.73 Å². The summed E-state index contributed by atoms with van der Waals surface area (Å²) in [4.78, 5) is 10.5. The second kappa shape index (κ2) is 4.75. The molecule has 0 radical (unpaired) electrons. The van der Waals surface area contributed by atoms with Crippen LogP contribution in [0.1, 0.15) is 16.7 Å². The molecule has 0 aromatic heterocycles. The molecule has 0 aliphatic carbocycles. The molecule has 0 aliphatic heterocycles. The quantitative estimate of drug-likeness (QED) is 0.858. The summed E-state index contributed by atoms with van der Waals surface area (Å²) in [6.07, 6.45) is -4.56. The van der Waals surface area contributed by atoms with E-state index in [9.17, 15) is 18.0 Å². The lowest BCUT2D eigenvalue weighted by atomic mass is 10.00. The van der Waals surface area contributed by atoms with Gasteiger partial charge in [-0.25, -0.2) is 0 Å². The van der Waals surface area contributed by atoms with Crippen molar-refractivity contribution >= 4 is 5.97 Å². The van der Waals surface area contributed by atoms with Gasteiger partial charge in [0.25, 0.3) is 0 Å². The van der Waals surface area contributed by atoms with Gasteiger partial charge in [-0.2, -0.15) is 13.2 Å². The monoisotopic (exact) mass is 247 g/mol. The molecule has 0 spiro atoms. The first kappa shape index (κ1) is 13.5. The maximum atomic E-state index is 12.6. The van der Waals surface area contributed by atoms with E-state index in [0.717, 1.165) is 6.07 Å². The molecule has 1 unspecified atom stereocenters. The minimum absolute atomic E-state index is 0.102. The minimum atomic E-state index is -4.44. The fourth-order valence-corrected chi connectivity index (χ4v) is 1.44. The van der Waals surface area contributed by atoms with Gasteiger partial charge in [0, 0.05) is 0 Å². The molecule has 1 aromatic carbocycles. The summed E-state index contributed by atoms with van der Waals surface area (Å²) in [6, 6.07) is 2.51. The molecule has 1 rings (SSSR count). The molecule has 1 aromatic rings. The highest BCUT2D eigenvalue weighted by Gasteiger charge is 2.32. The third-order valence-electron chi connectivity index (χ3n) is 2.38. The van der Waals surface area contributed by atoms with E-state index < -0.39 is 23.8 Å². The minimum Gasteiger partial charge on any atom is -0.480 e. The molecule has 0 saturated heterocycles. The molecule has 94 valence electrons. The number of hydrogen-bond acceptors (Lipinski definition) is 2. The lowest BCUT2D eigenvalue weighted by Gasteiger charge is -2.13. The van der Waals surface area contributed by atoms with Crippen molar-refractivity contribution in [3.63, 3.8) is 0 Å². The van der Waals surface area contributed by atoms with Crippen LogP contribution in [0.3, 0.4) is 0 Å². The molecule has 1 atom stereocenters. The highest BCUT2D eigenvalue weighted by molar-refractivity contribution is 5.73. The van der Waals surface area contributed by atoms with Gasteiger partial charge < -0.3 is 10.8 Å². The molecular formula is C11H12F3NO2. The Balaban J connectivity index is 3.01. The van der Waals surface area contributed by atoms with Crippen molar-refractivity contribution in [2.45, 2.75) is 25.6 Å². The zero-order valence-corrected chi connectivity index (χ0v) is 9.08. The van der Waals surface area contributed by atoms with Crippen LogP contribution >= 0.6 is 0 Å². The fraction of sp³-hybridized carbons (Fsp3) is 0.364. The van der Waals surface area contributed by atoms with Crippen LogP contribution in [0.15, 0.2) is 18.2 Å². The molecule has 0 saturated carbocycles. The summed E-state index contributed by atoms with van der Waals surface area (Å²) in [6.45, 7) is 1.35. The van der Waals surface area contributed by atoms with Gasteiger partial charge in [-0.1, -0.05) is 12.1 Å². The van der Waals surface area contributed by atoms with Gasteiger partial charge >= 0.3 is 12.1 Å². The van der Waals surface area contributed by atoms with Crippen LogP contribution in [-0.4, -0.2) is 17.1 Å². The predicted octanol–water partition coefficient (Wildman–Crippen LogP) is 1.97. The second-order valence-corrected chi connectivity index (χ2v) is 3.80. The van der Waals surface area contributed by atoms with Crippen molar-refractivity contribution < 1.29 is 23.1 Å². The third kappa shape index (κ3) is 3.45. The molecule has 0 amide bonds. The topological polar surface area (TPSA) is 63.3 Å². The number of hydrogen-bond donors (Lipinski definition) is 2. The average Bonchev–Trinajstić information content (AvgIpc) is 2.19.